The molecule has 0 bridgehead atoms. The molecule has 0 spiro atoms. The molecule has 0 aliphatic heterocycles. The molecule has 0 aliphatic carbocycles. The molecular weight excluding hydrogens is 238 g/mol. The molecule has 0 radical (unpaired) electrons. The van der Waals surface area contributed by atoms with Crippen LogP contribution >= 0.6 is 27.3 Å². The van der Waals surface area contributed by atoms with Gasteiger partial charge in [0, 0.05) is 11.4 Å². The lowest BCUT2D eigenvalue weighted by Crippen LogP contribution is -1.98. The van der Waals surface area contributed by atoms with E-state index < -0.39 is 0 Å². The van der Waals surface area contributed by atoms with Gasteiger partial charge >= 0.3 is 0 Å². The highest BCUT2D eigenvalue weighted by atomic mass is 79.9. The molecule has 4 heteroatoms. The maximum atomic E-state index is 5.46. The van der Waals surface area contributed by atoms with E-state index in [1.165, 1.54) is 0 Å². The van der Waals surface area contributed by atoms with Gasteiger partial charge in [0.15, 0.2) is 5.06 Å². The number of rotatable bonds is 3. The van der Waals surface area contributed by atoms with E-state index in [9.17, 15) is 0 Å². The fraction of sp³-hybridized carbons (Fsp3) is 0.250. The topological polar surface area (TPSA) is 35.2 Å². The summed E-state index contributed by atoms with van der Waals surface area (Å²) in [6, 6.07) is 1.97. The van der Waals surface area contributed by atoms with Crippen molar-refractivity contribution in [3.05, 3.63) is 22.0 Å². The second-order valence-corrected chi connectivity index (χ2v) is 4.13. The van der Waals surface area contributed by atoms with Gasteiger partial charge < -0.3 is 10.5 Å². The lowest BCUT2D eigenvalue weighted by Gasteiger charge is -1.95. The predicted molar refractivity (Wildman–Crippen MR) is 56.7 cm³/mol. The van der Waals surface area contributed by atoms with Crippen LogP contribution in [0.5, 0.6) is 5.06 Å². The van der Waals surface area contributed by atoms with E-state index in [2.05, 4.69) is 22.5 Å². The summed E-state index contributed by atoms with van der Waals surface area (Å²) in [4.78, 5) is 1.07. The van der Waals surface area contributed by atoms with Crippen molar-refractivity contribution in [1.29, 1.82) is 0 Å². The molecule has 0 amide bonds. The highest BCUT2D eigenvalue weighted by molar-refractivity contribution is 9.10. The third kappa shape index (κ3) is 1.88. The Morgan fingerprint density at radius 3 is 2.92 bits per heavy atom. The van der Waals surface area contributed by atoms with Crippen molar-refractivity contribution in [2.75, 3.05) is 13.7 Å². The number of ether oxygens (including phenoxy) is 1. The first-order valence-corrected chi connectivity index (χ1v) is 5.01. The third-order valence-corrected chi connectivity index (χ3v) is 3.49. The zero-order chi connectivity index (χ0) is 9.14. The molecule has 1 heterocycles. The van der Waals surface area contributed by atoms with E-state index in [1.54, 1.807) is 18.4 Å². The smallest absolute Gasteiger partial charge is 0.188 e. The molecule has 0 atom stereocenters. The Labute approximate surface area is 84.2 Å². The predicted octanol–water partition coefficient (Wildman–Crippen LogP) is 2.49. The van der Waals surface area contributed by atoms with Crippen LogP contribution in [0.1, 0.15) is 4.88 Å². The summed E-state index contributed by atoms with van der Waals surface area (Å²) in [6.07, 6.45) is 0. The molecule has 0 aliphatic rings. The average molecular weight is 248 g/mol. The Balaban J connectivity index is 2.96. The van der Waals surface area contributed by atoms with Gasteiger partial charge in [-0.25, -0.2) is 0 Å². The van der Waals surface area contributed by atoms with Crippen LogP contribution in [0, 0.1) is 0 Å². The standard InChI is InChI=1S/C8H10BrNOS/c1-5(4-10)7-3-6(9)8(11-2)12-7/h3H,1,4,10H2,2H3. The summed E-state index contributed by atoms with van der Waals surface area (Å²) in [5.41, 5.74) is 6.39. The van der Waals surface area contributed by atoms with Crippen LogP contribution in [0.15, 0.2) is 17.1 Å². The molecule has 0 aromatic carbocycles. The van der Waals surface area contributed by atoms with Crippen LogP contribution in [-0.4, -0.2) is 13.7 Å². The van der Waals surface area contributed by atoms with Crippen LogP contribution in [-0.2, 0) is 0 Å². The largest absolute Gasteiger partial charge is 0.486 e. The highest BCUT2D eigenvalue weighted by Gasteiger charge is 2.07. The highest BCUT2D eigenvalue weighted by Crippen LogP contribution is 2.37. The first-order chi connectivity index (χ1) is 5.69. The first kappa shape index (κ1) is 9.77. The quantitative estimate of drug-likeness (QED) is 0.891. The maximum absolute atomic E-state index is 5.46. The minimum Gasteiger partial charge on any atom is -0.486 e. The minimum absolute atomic E-state index is 0.482. The number of nitrogens with two attached hydrogens (primary N) is 1. The molecule has 1 aromatic heterocycles. The van der Waals surface area contributed by atoms with E-state index in [4.69, 9.17) is 10.5 Å². The van der Waals surface area contributed by atoms with Gasteiger partial charge in [-0.2, -0.15) is 0 Å². The summed E-state index contributed by atoms with van der Waals surface area (Å²) in [7, 11) is 1.64. The lowest BCUT2D eigenvalue weighted by molar-refractivity contribution is 0.425. The SMILES string of the molecule is C=C(CN)c1cc(Br)c(OC)s1. The van der Waals surface area contributed by atoms with E-state index in [1.807, 2.05) is 6.07 Å². The second-order valence-electron chi connectivity index (χ2n) is 2.26. The Morgan fingerprint density at radius 1 is 1.83 bits per heavy atom. The molecule has 1 aromatic rings. The van der Waals surface area contributed by atoms with Crippen molar-refractivity contribution in [1.82, 2.24) is 0 Å². The van der Waals surface area contributed by atoms with Crippen LogP contribution in [0.2, 0.25) is 0 Å². The third-order valence-electron chi connectivity index (χ3n) is 1.44. The van der Waals surface area contributed by atoms with Gasteiger partial charge in [-0.1, -0.05) is 17.9 Å². The van der Waals surface area contributed by atoms with E-state index >= 15 is 0 Å². The zero-order valence-corrected chi connectivity index (χ0v) is 9.17. The van der Waals surface area contributed by atoms with Crippen molar-refractivity contribution in [3.63, 3.8) is 0 Å². The molecule has 2 N–H and O–H groups in total. The Bertz CT molecular complexity index is 295. The fourth-order valence-electron chi connectivity index (χ4n) is 0.766. The Morgan fingerprint density at radius 2 is 2.50 bits per heavy atom. The number of hydrogen-bond acceptors (Lipinski definition) is 3. The number of methoxy groups -OCH3 is 1. The van der Waals surface area contributed by atoms with Crippen LogP contribution in [0.3, 0.4) is 0 Å². The monoisotopic (exact) mass is 247 g/mol. The Kier molecular flexibility index (Phi) is 3.31. The molecule has 0 unspecified atom stereocenters. The molecule has 0 saturated carbocycles. The maximum Gasteiger partial charge on any atom is 0.188 e. The van der Waals surface area contributed by atoms with Gasteiger partial charge in [-0.05, 0) is 27.6 Å². The van der Waals surface area contributed by atoms with Crippen molar-refractivity contribution in [3.8, 4) is 5.06 Å². The van der Waals surface area contributed by atoms with Gasteiger partial charge in [0.25, 0.3) is 0 Å². The van der Waals surface area contributed by atoms with Crippen molar-refractivity contribution >= 4 is 32.8 Å². The molecule has 0 fully saturated rings. The summed E-state index contributed by atoms with van der Waals surface area (Å²) in [5, 5.41) is 0.861. The van der Waals surface area contributed by atoms with Crippen molar-refractivity contribution in [2.45, 2.75) is 0 Å². The second kappa shape index (κ2) is 4.07. The van der Waals surface area contributed by atoms with Crippen LogP contribution in [0.25, 0.3) is 5.57 Å². The molecular formula is C8H10BrNOS. The molecule has 12 heavy (non-hydrogen) atoms. The fourth-order valence-corrected chi connectivity index (χ4v) is 2.40. The van der Waals surface area contributed by atoms with E-state index in [0.29, 0.717) is 6.54 Å². The van der Waals surface area contributed by atoms with Crippen molar-refractivity contribution < 1.29 is 4.74 Å². The number of halogens is 1. The molecule has 1 rings (SSSR count). The summed E-state index contributed by atoms with van der Waals surface area (Å²) in [6.45, 7) is 4.32. The minimum atomic E-state index is 0.482. The van der Waals surface area contributed by atoms with Gasteiger partial charge in [-0.15, -0.1) is 0 Å². The Hall–Kier alpha value is -0.320. The first-order valence-electron chi connectivity index (χ1n) is 3.40. The number of hydrogen-bond donors (Lipinski definition) is 1. The molecule has 0 saturated heterocycles. The molecule has 2 nitrogen and oxygen atoms in total. The van der Waals surface area contributed by atoms with E-state index in [0.717, 1.165) is 20.0 Å². The van der Waals surface area contributed by atoms with Gasteiger partial charge in [0.1, 0.15) is 0 Å². The van der Waals surface area contributed by atoms with Crippen molar-refractivity contribution in [2.24, 2.45) is 5.73 Å². The molecule has 66 valence electrons. The summed E-state index contributed by atoms with van der Waals surface area (Å²) in [5.74, 6) is 0. The van der Waals surface area contributed by atoms with Gasteiger partial charge in [0.2, 0.25) is 0 Å². The summed E-state index contributed by atoms with van der Waals surface area (Å²) >= 11 is 4.92. The average Bonchev–Trinajstić information content (AvgIpc) is 2.45. The van der Waals surface area contributed by atoms with Crippen LogP contribution in [0.4, 0.5) is 0 Å². The normalized spacial score (nSPS) is 9.92. The van der Waals surface area contributed by atoms with E-state index in [-0.39, 0.29) is 0 Å². The number of thiophene rings is 1. The zero-order valence-electron chi connectivity index (χ0n) is 6.76. The van der Waals surface area contributed by atoms with Gasteiger partial charge in [-0.3, -0.25) is 0 Å². The lowest BCUT2D eigenvalue weighted by atomic mass is 10.2. The summed E-state index contributed by atoms with van der Waals surface area (Å²) < 4.78 is 6.07. The van der Waals surface area contributed by atoms with Gasteiger partial charge in [0.05, 0.1) is 11.6 Å². The van der Waals surface area contributed by atoms with Crippen LogP contribution < -0.4 is 10.5 Å².